The first-order chi connectivity index (χ1) is 45.5. The average Bonchev–Trinajstić information content (AvgIpc) is 0.789. The van der Waals surface area contributed by atoms with Gasteiger partial charge in [-0.05, 0) is 182 Å². The maximum atomic E-state index is 10.6. The van der Waals surface area contributed by atoms with Gasteiger partial charge in [0.15, 0.2) is 25.0 Å². The van der Waals surface area contributed by atoms with E-state index in [1.807, 2.05) is 148 Å². The summed E-state index contributed by atoms with van der Waals surface area (Å²) in [7, 11) is 5.13. The largest absolute Gasteiger partial charge is 0.411 e. The van der Waals surface area contributed by atoms with Gasteiger partial charge in [0.25, 0.3) is 0 Å². The predicted octanol–water partition coefficient (Wildman–Crippen LogP) is 18.4. The van der Waals surface area contributed by atoms with Gasteiger partial charge < -0.3 is 32.9 Å². The molecule has 0 bridgehead atoms. The Hall–Kier alpha value is -9.57. The Morgan fingerprint density at radius 1 is 0.351 bits per heavy atom. The lowest BCUT2D eigenvalue weighted by molar-refractivity contribution is 0.272. The molecule has 16 heteroatoms. The summed E-state index contributed by atoms with van der Waals surface area (Å²) in [6.45, 7) is 34.2. The molecule has 0 fully saturated rings. The van der Waals surface area contributed by atoms with E-state index < -0.39 is 25.0 Å². The van der Waals surface area contributed by atoms with Crippen molar-refractivity contribution in [3.05, 3.63) is 195 Å². The third-order valence-corrected chi connectivity index (χ3v) is 32.8. The van der Waals surface area contributed by atoms with Crippen molar-refractivity contribution in [3.8, 4) is 53.7 Å². The predicted molar refractivity (Wildman–Crippen MR) is 407 cm³/mol. The molecule has 9 rings (SSSR count). The van der Waals surface area contributed by atoms with E-state index in [1.54, 1.807) is 0 Å². The summed E-state index contributed by atoms with van der Waals surface area (Å²) >= 11 is 0. The molecule has 6 aromatic carbocycles. The summed E-state index contributed by atoms with van der Waals surface area (Å²) in [6.07, 6.45) is 0. The highest BCUT2D eigenvalue weighted by Crippen LogP contribution is 2.42. The van der Waals surface area contributed by atoms with Crippen molar-refractivity contribution in [1.82, 2.24) is 15.0 Å². The van der Waals surface area contributed by atoms with Crippen LogP contribution in [0.3, 0.4) is 0 Å². The van der Waals surface area contributed by atoms with Crippen LogP contribution in [0.1, 0.15) is 129 Å². The number of nitrogens with zero attached hydrogens (tertiary/aromatic N) is 10. The van der Waals surface area contributed by atoms with E-state index in [9.17, 15) is 15.8 Å². The fourth-order valence-corrected chi connectivity index (χ4v) is 13.2. The Kier molecular flexibility index (Phi) is 20.9. The first-order valence-corrected chi connectivity index (χ1v) is 41.5. The molecule has 97 heavy (non-hydrogen) atoms. The van der Waals surface area contributed by atoms with Gasteiger partial charge in [0.05, 0.1) is 70.5 Å². The highest BCUT2D eigenvalue weighted by Gasteiger charge is 2.39. The molecular formula is C81H90N10O3Si3. The molecule has 3 aromatic heterocycles. The van der Waals surface area contributed by atoms with E-state index in [0.717, 1.165) is 101 Å². The van der Waals surface area contributed by atoms with Crippen molar-refractivity contribution in [2.75, 3.05) is 61.9 Å². The topological polar surface area (TPSA) is 151 Å². The minimum absolute atomic E-state index is 0.00138. The SMILES string of the molecule is CN(C)c1ccc2c(C#Cc3ccc(N(c4ccc(C#Cc5cc(CO[Si](C)(C)C(C)(C)C)nc6c(C#N)c(N(C)C)ccc56)cc4)c4ccc(C#Cc5cc(CO[Si](C)(C)C(C)(C)C)nc6c(C#N)c(N(C)C)ccc56)cc4)cc3)cc(CO[Si](C)(C)C(C)(C)C)nc2c1C#N. The van der Waals surface area contributed by atoms with Crippen LogP contribution in [0.2, 0.25) is 54.4 Å². The van der Waals surface area contributed by atoms with Gasteiger partial charge in [-0.15, -0.1) is 0 Å². The number of fused-ring (bicyclic) bond motifs is 3. The van der Waals surface area contributed by atoms with Crippen LogP contribution in [0.25, 0.3) is 32.7 Å². The first kappa shape index (κ1) is 71.7. The van der Waals surface area contributed by atoms with Crippen LogP contribution < -0.4 is 19.6 Å². The number of hydrogen-bond donors (Lipinski definition) is 0. The maximum Gasteiger partial charge on any atom is 0.192 e. The second-order valence-corrected chi connectivity index (χ2v) is 44.4. The molecule has 9 aromatic rings. The highest BCUT2D eigenvalue weighted by atomic mass is 28.4. The van der Waals surface area contributed by atoms with Gasteiger partial charge in [-0.25, -0.2) is 15.0 Å². The first-order valence-electron chi connectivity index (χ1n) is 32.8. The zero-order valence-electron chi connectivity index (χ0n) is 60.4. The molecule has 0 aliphatic heterocycles. The van der Waals surface area contributed by atoms with E-state index in [0.29, 0.717) is 53.1 Å². The molecular weight excluding hydrogens is 1250 g/mol. The monoisotopic (exact) mass is 1330 g/mol. The fraction of sp³-hybridized carbons (Fsp3) is 0.333. The normalized spacial score (nSPS) is 11.9. The Morgan fingerprint density at radius 2 is 0.588 bits per heavy atom. The van der Waals surface area contributed by atoms with Crippen molar-refractivity contribution < 1.29 is 13.3 Å². The van der Waals surface area contributed by atoms with E-state index >= 15 is 0 Å². The van der Waals surface area contributed by atoms with Crippen LogP contribution in [0.15, 0.2) is 127 Å². The van der Waals surface area contributed by atoms with Crippen LogP contribution in [-0.4, -0.2) is 82.2 Å². The molecule has 0 radical (unpaired) electrons. The minimum atomic E-state index is -2.15. The smallest absolute Gasteiger partial charge is 0.192 e. The number of rotatable bonds is 15. The molecule has 0 unspecified atom stereocenters. The molecule has 0 saturated heterocycles. The fourth-order valence-electron chi connectivity index (χ4n) is 10.3. The van der Waals surface area contributed by atoms with E-state index in [4.69, 9.17) is 28.2 Å². The lowest BCUT2D eigenvalue weighted by Gasteiger charge is -2.36. The highest BCUT2D eigenvalue weighted by molar-refractivity contribution is 6.74. The van der Waals surface area contributed by atoms with Crippen LogP contribution >= 0.6 is 0 Å². The van der Waals surface area contributed by atoms with Gasteiger partial charge in [-0.1, -0.05) is 97.8 Å². The standard InChI is InChI=1S/C81H90N10O3Si3/c1-79(2,3)95(16,17)92-52-61-46-58(67-40-43-73(88(10)11)70(49-82)76(67)85-61)31-22-55-25-34-64(35-26-55)91(65-36-27-56(28-37-65)23-32-59-47-62(53-93-96(18,19)80(4,5)6)86-77-68(59)41-44-74(89(12)13)71(77)50-83)66-38-29-57(30-39-66)24-33-60-48-63(54-94-97(20,21)81(7,8)9)87-78-69(60)42-45-75(90(14)15)72(78)51-84/h25-30,34-48H,52-54H2,1-21H3. The third kappa shape index (κ3) is 15.8. The van der Waals surface area contributed by atoms with Gasteiger partial charge in [-0.3, -0.25) is 0 Å². The number of hydrogen-bond acceptors (Lipinski definition) is 13. The molecule has 0 aliphatic rings. The van der Waals surface area contributed by atoms with Crippen molar-refractivity contribution in [2.45, 2.75) is 137 Å². The summed E-state index contributed by atoms with van der Waals surface area (Å²) in [5, 5.41) is 34.0. The van der Waals surface area contributed by atoms with Gasteiger partial charge in [-0.2, -0.15) is 15.8 Å². The van der Waals surface area contributed by atoms with Gasteiger partial charge in [0.1, 0.15) is 34.9 Å². The Morgan fingerprint density at radius 3 is 0.794 bits per heavy atom. The second-order valence-electron chi connectivity index (χ2n) is 29.9. The molecule has 0 spiro atoms. The van der Waals surface area contributed by atoms with Crippen LogP contribution in [-0.2, 0) is 33.1 Å². The molecule has 3 heterocycles. The summed E-state index contributed by atoms with van der Waals surface area (Å²) < 4.78 is 20.1. The number of pyridine rings is 3. The molecule has 0 atom stereocenters. The third-order valence-electron chi connectivity index (χ3n) is 19.4. The summed E-state index contributed by atoms with van der Waals surface area (Å²) in [4.78, 5) is 23.2. The molecule has 0 saturated carbocycles. The van der Waals surface area contributed by atoms with Crippen molar-refractivity contribution in [1.29, 1.82) is 15.8 Å². The maximum absolute atomic E-state index is 10.6. The molecule has 13 nitrogen and oxygen atoms in total. The number of anilines is 6. The van der Waals surface area contributed by atoms with E-state index in [-0.39, 0.29) is 15.1 Å². The second kappa shape index (κ2) is 28.2. The van der Waals surface area contributed by atoms with E-state index in [1.165, 1.54) is 0 Å². The van der Waals surface area contributed by atoms with Gasteiger partial charge in [0, 0.05) is 109 Å². The zero-order chi connectivity index (χ0) is 70.7. The van der Waals surface area contributed by atoms with Crippen molar-refractivity contribution >= 4 is 91.8 Å². The van der Waals surface area contributed by atoms with Crippen LogP contribution in [0, 0.1) is 69.5 Å². The van der Waals surface area contributed by atoms with Crippen LogP contribution in [0.4, 0.5) is 34.1 Å². The lowest BCUT2D eigenvalue weighted by atomic mass is 10.0. The Labute approximate surface area is 579 Å². The quantitative estimate of drug-likeness (QED) is 0.0708. The number of nitriles is 3. The van der Waals surface area contributed by atoms with Crippen molar-refractivity contribution in [2.24, 2.45) is 0 Å². The summed E-state index contributed by atoms with van der Waals surface area (Å²) in [5.41, 5.74) is 15.1. The summed E-state index contributed by atoms with van der Waals surface area (Å²) in [6, 6.07) is 49.8. The summed E-state index contributed by atoms with van der Waals surface area (Å²) in [5.74, 6) is 20.8. The Bertz CT molecular complexity index is 4340. The lowest BCUT2D eigenvalue weighted by Crippen LogP contribution is -2.40. The van der Waals surface area contributed by atoms with Crippen molar-refractivity contribution in [3.63, 3.8) is 0 Å². The Balaban J connectivity index is 1.12. The van der Waals surface area contributed by atoms with Gasteiger partial charge in [0.2, 0.25) is 0 Å². The van der Waals surface area contributed by atoms with Gasteiger partial charge >= 0.3 is 0 Å². The van der Waals surface area contributed by atoms with Crippen LogP contribution in [0.5, 0.6) is 0 Å². The average molecular weight is 1340 g/mol. The molecule has 0 amide bonds. The number of benzene rings is 6. The molecule has 0 N–H and O–H groups in total. The number of aromatic nitrogens is 3. The zero-order valence-corrected chi connectivity index (χ0v) is 63.4. The minimum Gasteiger partial charge on any atom is -0.411 e. The molecule has 494 valence electrons. The van der Waals surface area contributed by atoms with E-state index in [2.05, 4.69) is 197 Å². The molecule has 0 aliphatic carbocycles.